The second-order valence-corrected chi connectivity index (χ2v) is 3.67. The lowest BCUT2D eigenvalue weighted by Gasteiger charge is -1.99. The van der Waals surface area contributed by atoms with E-state index in [1.54, 1.807) is 23.0 Å². The summed E-state index contributed by atoms with van der Waals surface area (Å²) < 4.78 is 1.62. The molecule has 0 aliphatic rings. The van der Waals surface area contributed by atoms with Crippen molar-refractivity contribution in [2.24, 2.45) is 0 Å². The number of rotatable bonds is 1. The van der Waals surface area contributed by atoms with Gasteiger partial charge in [0.2, 0.25) is 0 Å². The third kappa shape index (κ3) is 1.50. The Morgan fingerprint density at radius 1 is 1.31 bits per heavy atom. The van der Waals surface area contributed by atoms with Gasteiger partial charge >= 0.3 is 0 Å². The van der Waals surface area contributed by atoms with Gasteiger partial charge in [0.05, 0.1) is 16.7 Å². The van der Waals surface area contributed by atoms with E-state index < -0.39 is 0 Å². The van der Waals surface area contributed by atoms with E-state index in [2.05, 4.69) is 5.10 Å². The molecule has 0 amide bonds. The van der Waals surface area contributed by atoms with E-state index in [-0.39, 0.29) is 6.00 Å². The average molecular weight is 236 g/mol. The molecular formula is C8H5Cl3N2. The molecule has 0 saturated heterocycles. The highest BCUT2D eigenvalue weighted by molar-refractivity contribution is 6.38. The Hall–Kier alpha value is -0.440. The number of halogens is 3. The number of benzene rings is 1. The highest BCUT2D eigenvalue weighted by atomic mass is 35.5. The average Bonchev–Trinajstić information content (AvgIpc) is 2.47. The molecule has 0 fully saturated rings. The van der Waals surface area contributed by atoms with Crippen LogP contribution >= 0.6 is 34.8 Å². The Bertz CT molecular complexity index is 450. The van der Waals surface area contributed by atoms with Gasteiger partial charge in [-0.15, -0.1) is 11.6 Å². The van der Waals surface area contributed by atoms with E-state index in [9.17, 15) is 0 Å². The SMILES string of the molecule is ClCn1ncc2cc(Cl)cc(Cl)c21. The fraction of sp³-hybridized carbons (Fsp3) is 0.125. The summed E-state index contributed by atoms with van der Waals surface area (Å²) in [5.41, 5.74) is 0.820. The third-order valence-corrected chi connectivity index (χ3v) is 2.50. The maximum atomic E-state index is 5.98. The number of hydrogen-bond donors (Lipinski definition) is 0. The molecule has 1 aromatic heterocycles. The van der Waals surface area contributed by atoms with Crippen LogP contribution in [-0.2, 0) is 6.00 Å². The van der Waals surface area contributed by atoms with Crippen LogP contribution in [0.5, 0.6) is 0 Å². The number of fused-ring (bicyclic) bond motifs is 1. The lowest BCUT2D eigenvalue weighted by molar-refractivity contribution is 0.773. The van der Waals surface area contributed by atoms with Gasteiger partial charge in [-0.25, -0.2) is 4.68 Å². The van der Waals surface area contributed by atoms with Gasteiger partial charge in [0.15, 0.2) is 0 Å². The fourth-order valence-electron chi connectivity index (χ4n) is 1.24. The number of hydrogen-bond acceptors (Lipinski definition) is 1. The first-order valence-electron chi connectivity index (χ1n) is 3.59. The molecule has 0 saturated carbocycles. The second-order valence-electron chi connectivity index (χ2n) is 2.59. The smallest absolute Gasteiger partial charge is 0.116 e. The monoisotopic (exact) mass is 234 g/mol. The van der Waals surface area contributed by atoms with Crippen molar-refractivity contribution in [3.63, 3.8) is 0 Å². The van der Waals surface area contributed by atoms with Crippen molar-refractivity contribution >= 4 is 45.7 Å². The van der Waals surface area contributed by atoms with Crippen molar-refractivity contribution in [1.29, 1.82) is 0 Å². The standard InChI is InChI=1S/C8H5Cl3N2/c9-4-13-8-5(3-12-13)1-6(10)2-7(8)11/h1-3H,4H2. The largest absolute Gasteiger partial charge is 0.248 e. The van der Waals surface area contributed by atoms with Gasteiger partial charge in [0.25, 0.3) is 0 Å². The van der Waals surface area contributed by atoms with E-state index >= 15 is 0 Å². The number of alkyl halides is 1. The van der Waals surface area contributed by atoms with Crippen LogP contribution < -0.4 is 0 Å². The summed E-state index contributed by atoms with van der Waals surface area (Å²) in [6.45, 7) is 0. The zero-order valence-electron chi connectivity index (χ0n) is 6.47. The molecule has 0 aliphatic carbocycles. The van der Waals surface area contributed by atoms with Crippen LogP contribution in [-0.4, -0.2) is 9.78 Å². The molecule has 0 bridgehead atoms. The van der Waals surface area contributed by atoms with Gasteiger partial charge in [-0.2, -0.15) is 5.10 Å². The quantitative estimate of drug-likeness (QED) is 0.691. The molecule has 0 atom stereocenters. The molecule has 2 aromatic rings. The van der Waals surface area contributed by atoms with E-state index in [1.807, 2.05) is 0 Å². The summed E-state index contributed by atoms with van der Waals surface area (Å²) in [7, 11) is 0. The summed E-state index contributed by atoms with van der Waals surface area (Å²) in [6, 6.07) is 3.76. The second kappa shape index (κ2) is 3.37. The Morgan fingerprint density at radius 3 is 2.77 bits per heavy atom. The topological polar surface area (TPSA) is 17.8 Å². The maximum Gasteiger partial charge on any atom is 0.116 e. The van der Waals surface area contributed by atoms with Crippen LogP contribution in [0.2, 0.25) is 10.0 Å². The summed E-state index contributed by atoms with van der Waals surface area (Å²) in [4.78, 5) is 0. The minimum absolute atomic E-state index is 0.283. The Labute approximate surface area is 90.0 Å². The zero-order valence-corrected chi connectivity index (χ0v) is 8.74. The van der Waals surface area contributed by atoms with Gasteiger partial charge in [-0.1, -0.05) is 23.2 Å². The summed E-state index contributed by atoms with van der Waals surface area (Å²) >= 11 is 17.5. The van der Waals surface area contributed by atoms with Crippen molar-refractivity contribution in [3.8, 4) is 0 Å². The fourth-order valence-corrected chi connectivity index (χ4v) is 2.02. The third-order valence-electron chi connectivity index (χ3n) is 1.77. The molecule has 0 N–H and O–H groups in total. The van der Waals surface area contributed by atoms with Crippen molar-refractivity contribution < 1.29 is 0 Å². The molecule has 68 valence electrons. The summed E-state index contributed by atoms with van der Waals surface area (Å²) in [5.74, 6) is 0. The highest BCUT2D eigenvalue weighted by Gasteiger charge is 2.06. The van der Waals surface area contributed by atoms with Crippen molar-refractivity contribution in [1.82, 2.24) is 9.78 Å². The molecule has 0 radical (unpaired) electrons. The van der Waals surface area contributed by atoms with Crippen LogP contribution in [0.1, 0.15) is 0 Å². The predicted molar refractivity (Wildman–Crippen MR) is 55.6 cm³/mol. The van der Waals surface area contributed by atoms with Crippen LogP contribution in [0.4, 0.5) is 0 Å². The molecule has 0 aliphatic heterocycles. The lowest BCUT2D eigenvalue weighted by Crippen LogP contribution is -1.93. The number of aromatic nitrogens is 2. The van der Waals surface area contributed by atoms with Crippen molar-refractivity contribution in [3.05, 3.63) is 28.4 Å². The maximum absolute atomic E-state index is 5.98. The molecule has 1 heterocycles. The Morgan fingerprint density at radius 2 is 2.08 bits per heavy atom. The lowest BCUT2D eigenvalue weighted by atomic mass is 10.2. The number of nitrogens with zero attached hydrogens (tertiary/aromatic N) is 2. The van der Waals surface area contributed by atoms with Gasteiger partial charge in [-0.05, 0) is 12.1 Å². The molecule has 5 heteroatoms. The molecule has 0 spiro atoms. The van der Waals surface area contributed by atoms with E-state index in [4.69, 9.17) is 34.8 Å². The minimum atomic E-state index is 0.283. The first kappa shape index (κ1) is 9.13. The normalized spacial score (nSPS) is 11.0. The van der Waals surface area contributed by atoms with Crippen LogP contribution in [0.15, 0.2) is 18.3 Å². The van der Waals surface area contributed by atoms with Gasteiger partial charge in [-0.3, -0.25) is 0 Å². The Kier molecular flexibility index (Phi) is 2.37. The first-order valence-corrected chi connectivity index (χ1v) is 4.88. The predicted octanol–water partition coefficient (Wildman–Crippen LogP) is 3.54. The van der Waals surface area contributed by atoms with Crippen LogP contribution in [0, 0.1) is 0 Å². The minimum Gasteiger partial charge on any atom is -0.248 e. The van der Waals surface area contributed by atoms with Crippen LogP contribution in [0.25, 0.3) is 10.9 Å². The molecule has 1 aromatic carbocycles. The molecule has 2 rings (SSSR count). The van der Waals surface area contributed by atoms with Gasteiger partial charge < -0.3 is 0 Å². The van der Waals surface area contributed by atoms with E-state index in [0.29, 0.717) is 10.0 Å². The Balaban J connectivity index is 2.82. The summed E-state index contributed by atoms with van der Waals surface area (Å²) in [6.07, 6.45) is 1.69. The van der Waals surface area contributed by atoms with Crippen LogP contribution in [0.3, 0.4) is 0 Å². The molecule has 2 nitrogen and oxygen atoms in total. The van der Waals surface area contributed by atoms with Crippen molar-refractivity contribution in [2.45, 2.75) is 6.00 Å². The van der Waals surface area contributed by atoms with Gasteiger partial charge in [0, 0.05) is 10.4 Å². The summed E-state index contributed by atoms with van der Waals surface area (Å²) in [5, 5.41) is 6.13. The molecule has 13 heavy (non-hydrogen) atoms. The van der Waals surface area contributed by atoms with Crippen molar-refractivity contribution in [2.75, 3.05) is 0 Å². The van der Waals surface area contributed by atoms with E-state index in [0.717, 1.165) is 10.9 Å². The highest BCUT2D eigenvalue weighted by Crippen LogP contribution is 2.27. The first-order chi connectivity index (χ1) is 6.22. The molecular weight excluding hydrogens is 230 g/mol. The molecule has 0 unspecified atom stereocenters. The van der Waals surface area contributed by atoms with Gasteiger partial charge in [0.1, 0.15) is 6.00 Å². The van der Waals surface area contributed by atoms with E-state index in [1.165, 1.54) is 0 Å². The zero-order chi connectivity index (χ0) is 9.42.